The van der Waals surface area contributed by atoms with Crippen molar-refractivity contribution in [3.63, 3.8) is 0 Å². The van der Waals surface area contributed by atoms with Crippen molar-refractivity contribution in [1.29, 1.82) is 10.8 Å². The van der Waals surface area contributed by atoms with Crippen LogP contribution >= 0.6 is 0 Å². The molecular formula is C42H40N8. The van der Waals surface area contributed by atoms with Crippen molar-refractivity contribution in [2.45, 2.75) is 69.6 Å². The standard InChI is InChI=1S/C42H40N8/c1-6-41-28-21-13-15-23-30(28)49-34(44)33(43)47(26-17-9-7-10-18-26)37(49)40(41,5)42(41)29-22-14-16-24-31(29)50-35-36(46-32(25-45-35)39(2,3)4)48(38(42)50)27-19-11-8-12-20-27/h7-25,37-38,43-44H,6H2,1-5H3. The van der Waals surface area contributed by atoms with Crippen molar-refractivity contribution in [2.24, 2.45) is 5.41 Å². The zero-order valence-corrected chi connectivity index (χ0v) is 29.0. The summed E-state index contributed by atoms with van der Waals surface area (Å²) in [5, 5.41) is 19.1. The van der Waals surface area contributed by atoms with E-state index in [1.807, 2.05) is 24.4 Å². The monoisotopic (exact) mass is 656 g/mol. The third kappa shape index (κ3) is 3.03. The first-order chi connectivity index (χ1) is 24.1. The Morgan fingerprint density at radius 2 is 1.18 bits per heavy atom. The molecule has 0 radical (unpaired) electrons. The van der Waals surface area contributed by atoms with E-state index in [2.05, 4.69) is 145 Å². The number of anilines is 6. The molecule has 1 saturated carbocycles. The highest BCUT2D eigenvalue weighted by atomic mass is 15.5. The van der Waals surface area contributed by atoms with E-state index >= 15 is 0 Å². The van der Waals surface area contributed by atoms with Gasteiger partial charge >= 0.3 is 0 Å². The second-order valence-corrected chi connectivity index (χ2v) is 15.6. The Hall–Kier alpha value is -5.50. The molecule has 5 aromatic rings. The van der Waals surface area contributed by atoms with Crippen molar-refractivity contribution in [3.05, 3.63) is 132 Å². The minimum atomic E-state index is -0.501. The van der Waals surface area contributed by atoms with Gasteiger partial charge in [0, 0.05) is 39.0 Å². The van der Waals surface area contributed by atoms with Crippen LogP contribution in [0.25, 0.3) is 0 Å². The number of amidine groups is 2. The van der Waals surface area contributed by atoms with E-state index in [1.54, 1.807) is 0 Å². The fourth-order valence-electron chi connectivity index (χ4n) is 10.9. The molecule has 1 spiro atoms. The molecule has 8 nitrogen and oxygen atoms in total. The van der Waals surface area contributed by atoms with Gasteiger partial charge in [-0.05, 0) is 53.9 Å². The maximum Gasteiger partial charge on any atom is 0.178 e. The predicted octanol–water partition coefficient (Wildman–Crippen LogP) is 8.63. The highest BCUT2D eigenvalue weighted by Gasteiger charge is 2.96. The average Bonchev–Trinajstić information content (AvgIpc) is 3.38. The van der Waals surface area contributed by atoms with Crippen LogP contribution in [0.2, 0.25) is 0 Å². The van der Waals surface area contributed by atoms with E-state index in [4.69, 9.17) is 9.97 Å². The lowest BCUT2D eigenvalue weighted by Gasteiger charge is -2.44. The first-order valence-corrected chi connectivity index (χ1v) is 17.7. The summed E-state index contributed by atoms with van der Waals surface area (Å²) in [5.41, 5.74) is 6.12. The van der Waals surface area contributed by atoms with Gasteiger partial charge in [0.05, 0.1) is 17.3 Å². The zero-order valence-electron chi connectivity index (χ0n) is 29.0. The minimum absolute atomic E-state index is 0.183. The molecule has 1 saturated heterocycles. The number of benzene rings is 4. The summed E-state index contributed by atoms with van der Waals surface area (Å²) >= 11 is 0. The Kier molecular flexibility index (Phi) is 5.52. The number of hydrogen-bond donors (Lipinski definition) is 2. The summed E-state index contributed by atoms with van der Waals surface area (Å²) in [6, 6.07) is 38.5. The second-order valence-electron chi connectivity index (χ2n) is 15.6. The molecule has 50 heavy (non-hydrogen) atoms. The lowest BCUT2D eigenvalue weighted by molar-refractivity contribution is 0.336. The average molecular weight is 657 g/mol. The number of nitrogens with one attached hydrogen (secondary N) is 2. The summed E-state index contributed by atoms with van der Waals surface area (Å²) in [4.78, 5) is 19.9. The van der Waals surface area contributed by atoms with E-state index < -0.39 is 10.8 Å². The first-order valence-electron chi connectivity index (χ1n) is 17.7. The van der Waals surface area contributed by atoms with E-state index in [1.165, 1.54) is 11.1 Å². The fraction of sp³-hybridized carbons (Fsp3) is 0.286. The van der Waals surface area contributed by atoms with E-state index in [9.17, 15) is 10.8 Å². The Balaban J connectivity index is 1.33. The third-order valence-electron chi connectivity index (χ3n) is 12.7. The highest BCUT2D eigenvalue weighted by Crippen LogP contribution is 2.90. The first kappa shape index (κ1) is 29.4. The molecule has 4 aliphatic heterocycles. The van der Waals surface area contributed by atoms with Crippen LogP contribution in [0.5, 0.6) is 0 Å². The molecule has 1 aromatic heterocycles. The summed E-state index contributed by atoms with van der Waals surface area (Å²) in [7, 11) is 0. The molecular weight excluding hydrogens is 617 g/mol. The van der Waals surface area contributed by atoms with Gasteiger partial charge in [0.2, 0.25) is 0 Å². The molecule has 0 amide bonds. The lowest BCUT2D eigenvalue weighted by Crippen LogP contribution is -2.54. The van der Waals surface area contributed by atoms with Gasteiger partial charge in [0.1, 0.15) is 12.3 Å². The van der Waals surface area contributed by atoms with Gasteiger partial charge in [0.15, 0.2) is 23.3 Å². The van der Waals surface area contributed by atoms with Gasteiger partial charge < -0.3 is 19.6 Å². The van der Waals surface area contributed by atoms with Gasteiger partial charge in [0.25, 0.3) is 0 Å². The smallest absolute Gasteiger partial charge is 0.178 e. The summed E-state index contributed by atoms with van der Waals surface area (Å²) in [6.45, 7) is 11.4. The number of rotatable bonds is 3. The lowest BCUT2D eigenvalue weighted by atomic mass is 9.77. The second kappa shape index (κ2) is 9.38. The van der Waals surface area contributed by atoms with Gasteiger partial charge in [-0.1, -0.05) is 107 Å². The minimum Gasteiger partial charge on any atom is -0.302 e. The van der Waals surface area contributed by atoms with Crippen LogP contribution < -0.4 is 19.6 Å². The van der Waals surface area contributed by atoms with Crippen molar-refractivity contribution >= 4 is 46.1 Å². The molecule has 10 rings (SSSR count). The fourth-order valence-corrected chi connectivity index (χ4v) is 10.9. The number of fused-ring (bicyclic) bond motifs is 15. The van der Waals surface area contributed by atoms with Crippen LogP contribution in [0.3, 0.4) is 0 Å². The maximum atomic E-state index is 9.54. The molecule has 5 unspecified atom stereocenters. The van der Waals surface area contributed by atoms with E-state index in [-0.39, 0.29) is 34.8 Å². The van der Waals surface area contributed by atoms with Gasteiger partial charge in [-0.25, -0.2) is 9.97 Å². The molecule has 248 valence electrons. The van der Waals surface area contributed by atoms with Crippen molar-refractivity contribution in [1.82, 2.24) is 9.97 Å². The topological polar surface area (TPSA) is 86.4 Å². The molecule has 5 heterocycles. The Bertz CT molecular complexity index is 2260. The SMILES string of the molecule is CCC12c3ccccc3N3C(=N)C(=N)N(c4ccccc4)C3C1(C)C21c2ccccc2N2c3ncc(C(C)(C)C)nc3N(c3ccccc3)C21. The van der Waals surface area contributed by atoms with Crippen LogP contribution in [-0.2, 0) is 16.2 Å². The largest absolute Gasteiger partial charge is 0.302 e. The molecule has 2 fully saturated rings. The number of aromatic nitrogens is 2. The van der Waals surface area contributed by atoms with Gasteiger partial charge in [-0.2, -0.15) is 0 Å². The predicted molar refractivity (Wildman–Crippen MR) is 201 cm³/mol. The number of hydrogen-bond acceptors (Lipinski definition) is 6. The molecule has 5 aliphatic rings. The van der Waals surface area contributed by atoms with Crippen molar-refractivity contribution in [3.8, 4) is 0 Å². The third-order valence-corrected chi connectivity index (χ3v) is 12.7. The molecule has 4 aromatic carbocycles. The van der Waals surface area contributed by atoms with Crippen LogP contribution in [0, 0.1) is 16.2 Å². The van der Waals surface area contributed by atoms with Crippen LogP contribution in [0.15, 0.2) is 115 Å². The Labute approximate surface area is 293 Å². The van der Waals surface area contributed by atoms with Crippen molar-refractivity contribution in [2.75, 3.05) is 19.6 Å². The Morgan fingerprint density at radius 1 is 0.640 bits per heavy atom. The van der Waals surface area contributed by atoms with Crippen molar-refractivity contribution < 1.29 is 0 Å². The molecule has 8 heteroatoms. The van der Waals surface area contributed by atoms with Crippen LogP contribution in [0.4, 0.5) is 34.4 Å². The van der Waals surface area contributed by atoms with Gasteiger partial charge in [-0.3, -0.25) is 10.8 Å². The number of nitrogens with zero attached hydrogens (tertiary/aromatic N) is 6. The molecule has 0 bridgehead atoms. The van der Waals surface area contributed by atoms with Gasteiger partial charge in [-0.15, -0.1) is 0 Å². The van der Waals surface area contributed by atoms with E-state index in [0.29, 0.717) is 0 Å². The quantitative estimate of drug-likeness (QED) is 0.202. The van der Waals surface area contributed by atoms with Crippen LogP contribution in [-0.4, -0.2) is 34.0 Å². The summed E-state index contributed by atoms with van der Waals surface area (Å²) in [6.07, 6.45) is 2.32. The summed E-state index contributed by atoms with van der Waals surface area (Å²) < 4.78 is 0. The maximum absolute atomic E-state index is 9.54. The molecule has 1 aliphatic carbocycles. The number of para-hydroxylation sites is 4. The molecule has 2 N–H and O–H groups in total. The normalized spacial score (nSPS) is 28.3. The van der Waals surface area contributed by atoms with Crippen LogP contribution in [0.1, 0.15) is 57.9 Å². The Morgan fingerprint density at radius 3 is 1.80 bits per heavy atom. The summed E-state index contributed by atoms with van der Waals surface area (Å²) in [5.74, 6) is 2.20. The van der Waals surface area contributed by atoms with E-state index in [0.717, 1.165) is 46.5 Å². The zero-order chi connectivity index (χ0) is 34.4. The highest BCUT2D eigenvalue weighted by molar-refractivity contribution is 6.51. The molecule has 5 atom stereocenters.